The maximum atomic E-state index is 4.57. The molecule has 0 radical (unpaired) electrons. The second-order valence-electron chi connectivity index (χ2n) is 3.66. The van der Waals surface area contributed by atoms with Crippen molar-refractivity contribution in [2.45, 2.75) is 11.9 Å². The molecule has 16 heavy (non-hydrogen) atoms. The van der Waals surface area contributed by atoms with Crippen LogP contribution in [0.15, 0.2) is 34.7 Å². The van der Waals surface area contributed by atoms with E-state index in [-0.39, 0.29) is 0 Å². The average Bonchev–Trinajstić information content (AvgIpc) is 2.25. The Labute approximate surface area is 102 Å². The first-order valence-electron chi connectivity index (χ1n) is 5.29. The smallest absolute Gasteiger partial charge is 0.129 e. The molecule has 0 bridgehead atoms. The molecular formula is C12H19N3S. The highest BCUT2D eigenvalue weighted by Gasteiger charge is 2.03. The van der Waals surface area contributed by atoms with E-state index in [0.29, 0.717) is 0 Å². The van der Waals surface area contributed by atoms with Gasteiger partial charge < -0.3 is 10.2 Å². The minimum absolute atomic E-state index is 0.949. The summed E-state index contributed by atoms with van der Waals surface area (Å²) < 4.78 is 0. The Hall–Kier alpha value is -1.00. The quantitative estimate of drug-likeness (QED) is 0.769. The third-order valence-electron chi connectivity index (χ3n) is 2.08. The number of thioether (sulfide) groups is 1. The van der Waals surface area contributed by atoms with Crippen LogP contribution < -0.4 is 10.2 Å². The van der Waals surface area contributed by atoms with E-state index in [1.807, 2.05) is 32.2 Å². The van der Waals surface area contributed by atoms with E-state index in [0.717, 1.165) is 28.8 Å². The van der Waals surface area contributed by atoms with Gasteiger partial charge in [-0.2, -0.15) is 0 Å². The second-order valence-corrected chi connectivity index (χ2v) is 4.98. The summed E-state index contributed by atoms with van der Waals surface area (Å²) in [4.78, 5) is 7.76. The van der Waals surface area contributed by atoms with Crippen LogP contribution in [0.25, 0.3) is 0 Å². The fourth-order valence-corrected chi connectivity index (χ4v) is 1.89. The Bertz CT molecular complexity index is 352. The molecule has 4 heteroatoms. The number of hydrogen-bond acceptors (Lipinski definition) is 4. The molecular weight excluding hydrogens is 218 g/mol. The Morgan fingerprint density at radius 1 is 1.56 bits per heavy atom. The summed E-state index contributed by atoms with van der Waals surface area (Å²) in [6.45, 7) is 7.77. The largest absolute Gasteiger partial charge is 0.358 e. The summed E-state index contributed by atoms with van der Waals surface area (Å²) in [7, 11) is 4.00. The highest BCUT2D eigenvalue weighted by Crippen LogP contribution is 2.24. The van der Waals surface area contributed by atoms with Gasteiger partial charge in [-0.15, -0.1) is 0 Å². The summed E-state index contributed by atoms with van der Waals surface area (Å²) in [5.41, 5.74) is 0. The van der Waals surface area contributed by atoms with Crippen LogP contribution in [0.3, 0.4) is 0 Å². The number of likely N-dealkylation sites (N-methyl/N-ethyl adjacent to an activating group) is 2. The number of nitrogens with zero attached hydrogens (tertiary/aromatic N) is 2. The number of rotatable bonds is 6. The Morgan fingerprint density at radius 2 is 2.31 bits per heavy atom. The third-order valence-corrected chi connectivity index (χ3v) is 2.86. The molecule has 0 amide bonds. The lowest BCUT2D eigenvalue weighted by atomic mass is 10.4. The Kier molecular flexibility index (Phi) is 5.35. The number of anilines is 1. The Morgan fingerprint density at radius 3 is 2.94 bits per heavy atom. The molecule has 0 saturated heterocycles. The molecule has 1 aromatic heterocycles. The van der Waals surface area contributed by atoms with Gasteiger partial charge in [0.25, 0.3) is 0 Å². The monoisotopic (exact) mass is 237 g/mol. The van der Waals surface area contributed by atoms with Crippen LogP contribution in [0.2, 0.25) is 0 Å². The zero-order valence-electron chi connectivity index (χ0n) is 10.2. The van der Waals surface area contributed by atoms with E-state index in [2.05, 4.69) is 28.8 Å². The lowest BCUT2D eigenvalue weighted by Gasteiger charge is -2.18. The lowest BCUT2D eigenvalue weighted by Crippen LogP contribution is -2.27. The second kappa shape index (κ2) is 6.55. The fraction of sp³-hybridized carbons (Fsp3) is 0.417. The topological polar surface area (TPSA) is 28.2 Å². The van der Waals surface area contributed by atoms with Crippen molar-refractivity contribution in [1.29, 1.82) is 0 Å². The molecule has 0 aromatic carbocycles. The molecule has 0 aliphatic heterocycles. The highest BCUT2D eigenvalue weighted by atomic mass is 32.2. The fourth-order valence-electron chi connectivity index (χ4n) is 1.25. The first kappa shape index (κ1) is 13.1. The van der Waals surface area contributed by atoms with Gasteiger partial charge in [0, 0.05) is 20.1 Å². The van der Waals surface area contributed by atoms with Crippen molar-refractivity contribution in [1.82, 2.24) is 10.3 Å². The maximum Gasteiger partial charge on any atom is 0.129 e. The molecule has 1 rings (SSSR count). The Balaban J connectivity index is 2.69. The van der Waals surface area contributed by atoms with Crippen LogP contribution in [-0.4, -0.2) is 32.2 Å². The van der Waals surface area contributed by atoms with Crippen LogP contribution in [0, 0.1) is 0 Å². The third kappa shape index (κ3) is 4.24. The van der Waals surface area contributed by atoms with Crippen LogP contribution >= 0.6 is 11.8 Å². The zero-order chi connectivity index (χ0) is 12.0. The average molecular weight is 237 g/mol. The molecule has 0 spiro atoms. The van der Waals surface area contributed by atoms with E-state index in [9.17, 15) is 0 Å². The number of nitrogens with one attached hydrogen (secondary N) is 1. The number of pyridine rings is 1. The van der Waals surface area contributed by atoms with Gasteiger partial charge in [0.1, 0.15) is 10.8 Å². The summed E-state index contributed by atoms with van der Waals surface area (Å²) in [6.07, 6.45) is 0. The van der Waals surface area contributed by atoms with Crippen molar-refractivity contribution in [3.63, 3.8) is 0 Å². The summed E-state index contributed by atoms with van der Waals surface area (Å²) >= 11 is 1.61. The van der Waals surface area contributed by atoms with Gasteiger partial charge in [0.2, 0.25) is 0 Å². The van der Waals surface area contributed by atoms with Crippen LogP contribution in [0.5, 0.6) is 0 Å². The molecule has 3 nitrogen and oxygen atoms in total. The zero-order valence-corrected chi connectivity index (χ0v) is 11.0. The maximum absolute atomic E-state index is 4.57. The van der Waals surface area contributed by atoms with Gasteiger partial charge >= 0.3 is 0 Å². The minimum Gasteiger partial charge on any atom is -0.358 e. The van der Waals surface area contributed by atoms with Crippen LogP contribution in [-0.2, 0) is 0 Å². The van der Waals surface area contributed by atoms with Gasteiger partial charge in [-0.1, -0.05) is 24.4 Å². The molecule has 1 N–H and O–H groups in total. The predicted molar refractivity (Wildman–Crippen MR) is 72.1 cm³/mol. The van der Waals surface area contributed by atoms with E-state index in [1.54, 1.807) is 11.8 Å². The van der Waals surface area contributed by atoms with Gasteiger partial charge in [-0.25, -0.2) is 4.98 Å². The molecule has 0 aliphatic carbocycles. The first-order chi connectivity index (χ1) is 7.63. The normalized spacial score (nSPS) is 10.2. The molecule has 0 aliphatic rings. The van der Waals surface area contributed by atoms with Crippen LogP contribution in [0.4, 0.5) is 5.82 Å². The SMILES string of the molecule is C=C(C)Sc1cccc(N(C)CCNC)n1. The van der Waals surface area contributed by atoms with E-state index >= 15 is 0 Å². The molecule has 0 saturated carbocycles. The molecule has 0 atom stereocenters. The molecule has 0 unspecified atom stereocenters. The summed E-state index contributed by atoms with van der Waals surface area (Å²) in [5.74, 6) is 1.00. The van der Waals surface area contributed by atoms with Crippen molar-refractivity contribution in [2.75, 3.05) is 32.1 Å². The molecule has 88 valence electrons. The van der Waals surface area contributed by atoms with Gasteiger partial charge in [0.15, 0.2) is 0 Å². The van der Waals surface area contributed by atoms with Crippen molar-refractivity contribution in [3.05, 3.63) is 29.7 Å². The summed E-state index contributed by atoms with van der Waals surface area (Å²) in [5, 5.41) is 4.13. The lowest BCUT2D eigenvalue weighted by molar-refractivity contribution is 0.759. The van der Waals surface area contributed by atoms with Crippen molar-refractivity contribution in [2.24, 2.45) is 0 Å². The van der Waals surface area contributed by atoms with Crippen molar-refractivity contribution >= 4 is 17.6 Å². The number of hydrogen-bond donors (Lipinski definition) is 1. The van der Waals surface area contributed by atoms with E-state index < -0.39 is 0 Å². The van der Waals surface area contributed by atoms with Gasteiger partial charge in [0.05, 0.1) is 0 Å². The standard InChI is InChI=1S/C12H19N3S/c1-10(2)16-12-7-5-6-11(14-12)15(4)9-8-13-3/h5-7,13H,1,8-9H2,2-4H3. The van der Waals surface area contributed by atoms with Crippen LogP contribution in [0.1, 0.15) is 6.92 Å². The summed E-state index contributed by atoms with van der Waals surface area (Å²) in [6, 6.07) is 6.07. The predicted octanol–water partition coefficient (Wildman–Crippen LogP) is 2.36. The van der Waals surface area contributed by atoms with Gasteiger partial charge in [-0.05, 0) is 31.0 Å². The molecule has 1 aromatic rings. The van der Waals surface area contributed by atoms with Crippen molar-refractivity contribution < 1.29 is 0 Å². The van der Waals surface area contributed by atoms with Gasteiger partial charge in [-0.3, -0.25) is 0 Å². The van der Waals surface area contributed by atoms with E-state index in [1.165, 1.54) is 0 Å². The van der Waals surface area contributed by atoms with Crippen molar-refractivity contribution in [3.8, 4) is 0 Å². The highest BCUT2D eigenvalue weighted by molar-refractivity contribution is 8.03. The number of allylic oxidation sites excluding steroid dienone is 1. The van der Waals surface area contributed by atoms with E-state index in [4.69, 9.17) is 0 Å². The minimum atomic E-state index is 0.949. The molecule has 1 heterocycles. The first-order valence-corrected chi connectivity index (χ1v) is 6.11. The molecule has 0 fully saturated rings. The number of aromatic nitrogens is 1.